The summed E-state index contributed by atoms with van der Waals surface area (Å²) in [6.45, 7) is 4.90. The predicted octanol–water partition coefficient (Wildman–Crippen LogP) is 2.35. The lowest BCUT2D eigenvalue weighted by Gasteiger charge is -2.33. The van der Waals surface area contributed by atoms with Gasteiger partial charge in [-0.05, 0) is 36.5 Å². The van der Waals surface area contributed by atoms with Gasteiger partial charge in [0.2, 0.25) is 5.91 Å². The number of hydrogen-bond donors (Lipinski definition) is 1. The van der Waals surface area contributed by atoms with Crippen LogP contribution in [-0.4, -0.2) is 38.4 Å². The van der Waals surface area contributed by atoms with E-state index in [0.717, 1.165) is 35.2 Å². The summed E-state index contributed by atoms with van der Waals surface area (Å²) in [5, 5.41) is 3.38. The second kappa shape index (κ2) is 6.55. The molecule has 1 atom stereocenters. The smallest absolute Gasteiger partial charge is 0.227 e. The van der Waals surface area contributed by atoms with Gasteiger partial charge in [-0.1, -0.05) is 13.8 Å². The zero-order valence-electron chi connectivity index (χ0n) is 14.9. The minimum atomic E-state index is 0.0191. The van der Waals surface area contributed by atoms with E-state index in [2.05, 4.69) is 19.2 Å². The molecule has 1 N–H and O–H groups in total. The van der Waals surface area contributed by atoms with Crippen molar-refractivity contribution in [2.45, 2.75) is 45.6 Å². The highest BCUT2D eigenvalue weighted by Crippen LogP contribution is 2.42. The maximum absolute atomic E-state index is 13.0. The highest BCUT2D eigenvalue weighted by atomic mass is 16.5. The van der Waals surface area contributed by atoms with Crippen molar-refractivity contribution in [2.75, 3.05) is 25.6 Å². The average molecular weight is 330 g/mol. The van der Waals surface area contributed by atoms with Crippen molar-refractivity contribution in [3.05, 3.63) is 22.8 Å². The van der Waals surface area contributed by atoms with Crippen LogP contribution in [0.3, 0.4) is 0 Å². The summed E-state index contributed by atoms with van der Waals surface area (Å²) in [7, 11) is 3.38. The molecule has 1 heterocycles. The van der Waals surface area contributed by atoms with Crippen LogP contribution in [0.25, 0.3) is 0 Å². The first-order valence-corrected chi connectivity index (χ1v) is 8.71. The highest BCUT2D eigenvalue weighted by molar-refractivity contribution is 6.04. The number of fused-ring (bicyclic) bond motifs is 3. The molecule has 0 spiro atoms. The van der Waals surface area contributed by atoms with Crippen LogP contribution in [0.1, 0.15) is 48.2 Å². The van der Waals surface area contributed by atoms with Crippen molar-refractivity contribution in [3.63, 3.8) is 0 Å². The van der Waals surface area contributed by atoms with Gasteiger partial charge in [0.25, 0.3) is 0 Å². The van der Waals surface area contributed by atoms with Gasteiger partial charge in [-0.25, -0.2) is 0 Å². The lowest BCUT2D eigenvalue weighted by molar-refractivity contribution is -0.118. The fourth-order valence-electron chi connectivity index (χ4n) is 3.81. The Morgan fingerprint density at radius 1 is 1.25 bits per heavy atom. The van der Waals surface area contributed by atoms with E-state index in [1.807, 2.05) is 6.07 Å². The Hall–Kier alpha value is -1.88. The van der Waals surface area contributed by atoms with Gasteiger partial charge in [0.1, 0.15) is 5.75 Å². The fourth-order valence-corrected chi connectivity index (χ4v) is 3.81. The Labute approximate surface area is 143 Å². The van der Waals surface area contributed by atoms with Crippen LogP contribution in [0.5, 0.6) is 5.75 Å². The Morgan fingerprint density at radius 3 is 2.67 bits per heavy atom. The van der Waals surface area contributed by atoms with Gasteiger partial charge in [0.15, 0.2) is 5.78 Å². The molecule has 0 aromatic heterocycles. The summed E-state index contributed by atoms with van der Waals surface area (Å²) < 4.78 is 5.52. The van der Waals surface area contributed by atoms with Gasteiger partial charge in [-0.3, -0.25) is 9.59 Å². The Balaban J connectivity index is 2.01. The molecule has 0 radical (unpaired) electrons. The van der Waals surface area contributed by atoms with Crippen molar-refractivity contribution < 1.29 is 14.3 Å². The number of methoxy groups -OCH3 is 1. The molecule has 130 valence electrons. The summed E-state index contributed by atoms with van der Waals surface area (Å²) in [5.74, 6) is 0.947. The Morgan fingerprint density at radius 2 is 2.00 bits per heavy atom. The van der Waals surface area contributed by atoms with Gasteiger partial charge in [-0.2, -0.15) is 0 Å². The third kappa shape index (κ3) is 2.81. The molecule has 0 bridgehead atoms. The molecule has 1 aromatic carbocycles. The van der Waals surface area contributed by atoms with Crippen molar-refractivity contribution >= 4 is 17.4 Å². The maximum Gasteiger partial charge on any atom is 0.227 e. The second-order valence-corrected chi connectivity index (χ2v) is 7.05. The quantitative estimate of drug-likeness (QED) is 0.921. The molecule has 1 unspecified atom stereocenters. The molecule has 24 heavy (non-hydrogen) atoms. The molecule has 0 saturated heterocycles. The molecular weight excluding hydrogens is 304 g/mol. The van der Waals surface area contributed by atoms with Crippen LogP contribution in [0, 0.1) is 5.92 Å². The first-order chi connectivity index (χ1) is 11.4. The molecular formula is C19H26N2O3. The third-order valence-electron chi connectivity index (χ3n) is 5.15. The number of anilines is 1. The molecule has 0 saturated carbocycles. The van der Waals surface area contributed by atoms with Crippen molar-refractivity contribution in [3.8, 4) is 5.75 Å². The summed E-state index contributed by atoms with van der Waals surface area (Å²) >= 11 is 0. The Kier molecular flexibility index (Phi) is 4.63. The number of Topliss-reactive ketones (excluding diaryl/α,β-unsaturated/α-hetero) is 1. The number of carbonyl (C=O) groups excluding carboxylic acids is 2. The SMILES string of the molecule is COc1cc2c(c3c1N(C)C(=O)CC3)CCC(CNC(C)C)C2=O. The molecule has 1 aliphatic carbocycles. The minimum Gasteiger partial charge on any atom is -0.495 e. The summed E-state index contributed by atoms with van der Waals surface area (Å²) in [6.07, 6.45) is 2.94. The molecule has 2 aliphatic rings. The van der Waals surface area contributed by atoms with E-state index in [-0.39, 0.29) is 17.6 Å². The van der Waals surface area contributed by atoms with E-state index < -0.39 is 0 Å². The minimum absolute atomic E-state index is 0.0191. The summed E-state index contributed by atoms with van der Waals surface area (Å²) in [4.78, 5) is 26.7. The van der Waals surface area contributed by atoms with Crippen molar-refractivity contribution in [2.24, 2.45) is 5.92 Å². The van der Waals surface area contributed by atoms with Gasteiger partial charge in [0, 0.05) is 37.5 Å². The van der Waals surface area contributed by atoms with Crippen LogP contribution in [0.15, 0.2) is 6.07 Å². The fraction of sp³-hybridized carbons (Fsp3) is 0.579. The number of ether oxygens (including phenoxy) is 1. The number of nitrogens with zero attached hydrogens (tertiary/aromatic N) is 1. The lowest BCUT2D eigenvalue weighted by atomic mass is 9.78. The largest absolute Gasteiger partial charge is 0.495 e. The topological polar surface area (TPSA) is 58.6 Å². The number of benzene rings is 1. The molecule has 5 nitrogen and oxygen atoms in total. The van der Waals surface area contributed by atoms with Crippen LogP contribution in [0.4, 0.5) is 5.69 Å². The first kappa shape index (κ1) is 17.0. The predicted molar refractivity (Wildman–Crippen MR) is 94.0 cm³/mol. The zero-order valence-corrected chi connectivity index (χ0v) is 14.9. The number of carbonyl (C=O) groups is 2. The van der Waals surface area contributed by atoms with Gasteiger partial charge in [-0.15, -0.1) is 0 Å². The Bertz CT molecular complexity index is 682. The number of nitrogens with one attached hydrogen (secondary N) is 1. The van der Waals surface area contributed by atoms with E-state index in [1.54, 1.807) is 19.1 Å². The van der Waals surface area contributed by atoms with Gasteiger partial charge in [0.05, 0.1) is 12.8 Å². The standard InChI is InChI=1S/C19H26N2O3/c1-11(2)20-10-12-5-6-13-14-7-8-17(22)21(3)18(14)16(24-4)9-15(13)19(12)23/h9,11-12,20H,5-8,10H2,1-4H3. The number of rotatable bonds is 4. The van der Waals surface area contributed by atoms with Crippen molar-refractivity contribution in [1.29, 1.82) is 0 Å². The second-order valence-electron chi connectivity index (χ2n) is 7.05. The van der Waals surface area contributed by atoms with Gasteiger partial charge < -0.3 is 15.0 Å². The normalized spacial score (nSPS) is 20.2. The molecule has 5 heteroatoms. The molecule has 3 rings (SSSR count). The van der Waals surface area contributed by atoms with Crippen LogP contribution >= 0.6 is 0 Å². The lowest BCUT2D eigenvalue weighted by Crippen LogP contribution is -2.37. The first-order valence-electron chi connectivity index (χ1n) is 8.71. The average Bonchev–Trinajstić information content (AvgIpc) is 2.56. The van der Waals surface area contributed by atoms with E-state index in [1.165, 1.54) is 0 Å². The zero-order chi connectivity index (χ0) is 17.4. The summed E-state index contributed by atoms with van der Waals surface area (Å²) in [5.41, 5.74) is 3.88. The van der Waals surface area contributed by atoms with E-state index in [0.29, 0.717) is 31.2 Å². The van der Waals surface area contributed by atoms with E-state index in [9.17, 15) is 9.59 Å². The van der Waals surface area contributed by atoms with Crippen LogP contribution in [-0.2, 0) is 17.6 Å². The third-order valence-corrected chi connectivity index (χ3v) is 5.15. The van der Waals surface area contributed by atoms with E-state index >= 15 is 0 Å². The molecule has 1 amide bonds. The summed E-state index contributed by atoms with van der Waals surface area (Å²) in [6, 6.07) is 2.21. The molecule has 0 fully saturated rings. The van der Waals surface area contributed by atoms with Crippen LogP contribution in [0.2, 0.25) is 0 Å². The van der Waals surface area contributed by atoms with Crippen LogP contribution < -0.4 is 15.0 Å². The monoisotopic (exact) mass is 330 g/mol. The van der Waals surface area contributed by atoms with E-state index in [4.69, 9.17) is 4.74 Å². The number of ketones is 1. The number of amides is 1. The van der Waals surface area contributed by atoms with Crippen molar-refractivity contribution in [1.82, 2.24) is 5.32 Å². The van der Waals surface area contributed by atoms with Gasteiger partial charge >= 0.3 is 0 Å². The maximum atomic E-state index is 13.0. The molecule has 1 aromatic rings. The molecule has 1 aliphatic heterocycles. The number of hydrogen-bond acceptors (Lipinski definition) is 4. The highest BCUT2D eigenvalue weighted by Gasteiger charge is 2.34.